The Morgan fingerprint density at radius 1 is 1.17 bits per heavy atom. The number of benzene rings is 1. The van der Waals surface area contributed by atoms with Crippen molar-refractivity contribution in [2.75, 3.05) is 0 Å². The third kappa shape index (κ3) is 2.47. The second kappa shape index (κ2) is 5.12. The number of hydrogen-bond acceptors (Lipinski definition) is 2. The average molecular weight is 248 g/mol. The summed E-state index contributed by atoms with van der Waals surface area (Å²) in [5.41, 5.74) is 0.238. The Bertz CT molecular complexity index is 508. The van der Waals surface area contributed by atoms with Gasteiger partial charge in [0.25, 0.3) is 0 Å². The number of hydrogen-bond donors (Lipinski definition) is 1. The largest absolute Gasteiger partial charge is 0.481 e. The number of carboxylic acid groups (broad SMARTS) is 1. The zero-order chi connectivity index (χ0) is 13.1. The van der Waals surface area contributed by atoms with Crippen molar-refractivity contribution in [3.8, 4) is 0 Å². The Labute approximate surface area is 104 Å². The van der Waals surface area contributed by atoms with Gasteiger partial charge in [-0.15, -0.1) is 0 Å². The number of Topliss-reactive ketones (excluding diaryl/α,β-unsaturated/α-hetero) is 1. The maximum Gasteiger partial charge on any atom is 0.307 e. The van der Waals surface area contributed by atoms with Gasteiger partial charge in [0.05, 0.1) is 5.92 Å². The van der Waals surface area contributed by atoms with E-state index in [0.717, 1.165) is 6.07 Å². The van der Waals surface area contributed by atoms with Gasteiger partial charge < -0.3 is 5.11 Å². The van der Waals surface area contributed by atoms with Gasteiger partial charge in [0.15, 0.2) is 5.78 Å². The lowest BCUT2D eigenvalue weighted by molar-refractivity contribution is -0.143. The summed E-state index contributed by atoms with van der Waals surface area (Å²) in [4.78, 5) is 23.3. The van der Waals surface area contributed by atoms with E-state index in [1.54, 1.807) is 12.2 Å². The molecule has 1 aliphatic carbocycles. The molecular formula is C14H13FO3. The molecule has 0 saturated heterocycles. The summed E-state index contributed by atoms with van der Waals surface area (Å²) in [6.45, 7) is 0. The van der Waals surface area contributed by atoms with E-state index >= 15 is 0 Å². The van der Waals surface area contributed by atoms with Gasteiger partial charge in [0.1, 0.15) is 5.82 Å². The molecule has 1 N–H and O–H groups in total. The van der Waals surface area contributed by atoms with Gasteiger partial charge in [0, 0.05) is 11.5 Å². The highest BCUT2D eigenvalue weighted by Gasteiger charge is 2.34. The summed E-state index contributed by atoms with van der Waals surface area (Å²) >= 11 is 0. The smallest absolute Gasteiger partial charge is 0.307 e. The number of carbonyl (C=O) groups excluding carboxylic acids is 1. The number of halogens is 1. The molecule has 0 spiro atoms. The molecule has 0 fully saturated rings. The van der Waals surface area contributed by atoms with E-state index < -0.39 is 23.6 Å². The van der Waals surface area contributed by atoms with Crippen LogP contribution >= 0.6 is 0 Å². The first-order valence-corrected chi connectivity index (χ1v) is 5.77. The van der Waals surface area contributed by atoms with E-state index in [-0.39, 0.29) is 11.3 Å². The summed E-state index contributed by atoms with van der Waals surface area (Å²) in [7, 11) is 0. The molecule has 0 aromatic heterocycles. The highest BCUT2D eigenvalue weighted by Crippen LogP contribution is 2.29. The van der Waals surface area contributed by atoms with Gasteiger partial charge in [-0.05, 0) is 25.0 Å². The zero-order valence-corrected chi connectivity index (χ0v) is 9.67. The fraction of sp³-hybridized carbons (Fsp3) is 0.286. The van der Waals surface area contributed by atoms with Gasteiger partial charge in [-0.3, -0.25) is 9.59 Å². The Kier molecular flexibility index (Phi) is 3.55. The lowest BCUT2D eigenvalue weighted by Gasteiger charge is -2.23. The first-order chi connectivity index (χ1) is 8.59. The second-order valence-electron chi connectivity index (χ2n) is 4.37. The van der Waals surface area contributed by atoms with Gasteiger partial charge in [0.2, 0.25) is 0 Å². The molecule has 0 amide bonds. The molecule has 2 atom stereocenters. The number of carbonyl (C=O) groups is 2. The summed E-state index contributed by atoms with van der Waals surface area (Å²) in [6, 6.07) is 5.38. The van der Waals surface area contributed by atoms with Gasteiger partial charge >= 0.3 is 5.97 Å². The SMILES string of the molecule is O=C(O)C1CC=CCC1C(=O)c1cccc(F)c1. The van der Waals surface area contributed by atoms with Crippen molar-refractivity contribution in [1.82, 2.24) is 0 Å². The summed E-state index contributed by atoms with van der Waals surface area (Å²) in [6.07, 6.45) is 4.32. The van der Waals surface area contributed by atoms with Crippen molar-refractivity contribution in [2.45, 2.75) is 12.8 Å². The van der Waals surface area contributed by atoms with E-state index in [1.807, 2.05) is 0 Å². The number of ketones is 1. The van der Waals surface area contributed by atoms with Crippen LogP contribution in [0.15, 0.2) is 36.4 Å². The molecule has 94 valence electrons. The Morgan fingerprint density at radius 2 is 1.83 bits per heavy atom. The van der Waals surface area contributed by atoms with E-state index in [4.69, 9.17) is 5.11 Å². The molecule has 2 rings (SSSR count). The van der Waals surface area contributed by atoms with Crippen LogP contribution in [0.1, 0.15) is 23.2 Å². The van der Waals surface area contributed by atoms with Crippen LogP contribution in [0.3, 0.4) is 0 Å². The van der Waals surface area contributed by atoms with Crippen LogP contribution in [0.2, 0.25) is 0 Å². The van der Waals surface area contributed by atoms with Crippen molar-refractivity contribution in [2.24, 2.45) is 11.8 Å². The normalized spacial score (nSPS) is 22.7. The third-order valence-electron chi connectivity index (χ3n) is 3.20. The molecule has 1 aliphatic rings. The standard InChI is InChI=1S/C14H13FO3/c15-10-5-3-4-9(8-10)13(16)11-6-1-2-7-12(11)14(17)18/h1-5,8,11-12H,6-7H2,(H,17,18). The molecule has 0 radical (unpaired) electrons. The molecular weight excluding hydrogens is 235 g/mol. The molecule has 18 heavy (non-hydrogen) atoms. The number of aliphatic carboxylic acids is 1. The number of rotatable bonds is 3. The van der Waals surface area contributed by atoms with Crippen molar-refractivity contribution < 1.29 is 19.1 Å². The van der Waals surface area contributed by atoms with Crippen LogP contribution in [0.25, 0.3) is 0 Å². The molecule has 0 heterocycles. The molecule has 1 aromatic rings. The predicted octanol–water partition coefficient (Wildman–Crippen LogP) is 2.68. The lowest BCUT2D eigenvalue weighted by atomic mass is 9.78. The van der Waals surface area contributed by atoms with Crippen LogP contribution in [0.5, 0.6) is 0 Å². The minimum Gasteiger partial charge on any atom is -0.481 e. The number of carboxylic acids is 1. The quantitative estimate of drug-likeness (QED) is 0.661. The molecule has 3 nitrogen and oxygen atoms in total. The van der Waals surface area contributed by atoms with E-state index in [0.29, 0.717) is 12.8 Å². The van der Waals surface area contributed by atoms with Crippen LogP contribution in [0.4, 0.5) is 4.39 Å². The molecule has 2 unspecified atom stereocenters. The minimum absolute atomic E-state index is 0.238. The molecule has 1 aromatic carbocycles. The van der Waals surface area contributed by atoms with Crippen LogP contribution in [-0.2, 0) is 4.79 Å². The minimum atomic E-state index is -0.978. The fourth-order valence-corrected chi connectivity index (χ4v) is 2.23. The average Bonchev–Trinajstić information content (AvgIpc) is 2.38. The molecule has 4 heteroatoms. The van der Waals surface area contributed by atoms with E-state index in [2.05, 4.69) is 0 Å². The zero-order valence-electron chi connectivity index (χ0n) is 9.67. The number of allylic oxidation sites excluding steroid dienone is 2. The van der Waals surface area contributed by atoms with E-state index in [9.17, 15) is 14.0 Å². The highest BCUT2D eigenvalue weighted by atomic mass is 19.1. The van der Waals surface area contributed by atoms with E-state index in [1.165, 1.54) is 18.2 Å². The van der Waals surface area contributed by atoms with Crippen molar-refractivity contribution >= 4 is 11.8 Å². The lowest BCUT2D eigenvalue weighted by Crippen LogP contribution is -2.31. The van der Waals surface area contributed by atoms with Crippen molar-refractivity contribution in [3.05, 3.63) is 47.8 Å². The molecule has 0 aliphatic heterocycles. The Hall–Kier alpha value is -1.97. The monoisotopic (exact) mass is 248 g/mol. The Balaban J connectivity index is 2.27. The fourth-order valence-electron chi connectivity index (χ4n) is 2.23. The predicted molar refractivity (Wildman–Crippen MR) is 63.7 cm³/mol. The second-order valence-corrected chi connectivity index (χ2v) is 4.37. The maximum absolute atomic E-state index is 13.1. The summed E-state index contributed by atoms with van der Waals surface area (Å²) < 4.78 is 13.1. The highest BCUT2D eigenvalue weighted by molar-refractivity contribution is 6.00. The van der Waals surface area contributed by atoms with Gasteiger partial charge in [-0.25, -0.2) is 4.39 Å². The Morgan fingerprint density at radius 3 is 2.44 bits per heavy atom. The van der Waals surface area contributed by atoms with Crippen molar-refractivity contribution in [1.29, 1.82) is 0 Å². The third-order valence-corrected chi connectivity index (χ3v) is 3.20. The van der Waals surface area contributed by atoms with Crippen LogP contribution < -0.4 is 0 Å². The maximum atomic E-state index is 13.1. The van der Waals surface area contributed by atoms with Crippen LogP contribution in [0, 0.1) is 17.7 Å². The van der Waals surface area contributed by atoms with Gasteiger partial charge in [-0.2, -0.15) is 0 Å². The van der Waals surface area contributed by atoms with Crippen molar-refractivity contribution in [3.63, 3.8) is 0 Å². The molecule has 0 bridgehead atoms. The van der Waals surface area contributed by atoms with Crippen LogP contribution in [-0.4, -0.2) is 16.9 Å². The van der Waals surface area contributed by atoms with Gasteiger partial charge in [-0.1, -0.05) is 24.3 Å². The first-order valence-electron chi connectivity index (χ1n) is 5.77. The molecule has 0 saturated carbocycles. The summed E-state index contributed by atoms with van der Waals surface area (Å²) in [5, 5.41) is 9.10. The first kappa shape index (κ1) is 12.5. The summed E-state index contributed by atoms with van der Waals surface area (Å²) in [5.74, 6) is -3.08. The topological polar surface area (TPSA) is 54.4 Å².